The number of ether oxygens (including phenoxy) is 3. The van der Waals surface area contributed by atoms with Crippen molar-refractivity contribution in [3.63, 3.8) is 0 Å². The van der Waals surface area contributed by atoms with Crippen LogP contribution < -0.4 is 0 Å². The molecule has 2 aliphatic rings. The first-order chi connectivity index (χ1) is 10.5. The topological polar surface area (TPSA) is 85.4 Å². The molecule has 0 saturated heterocycles. The Hall–Kier alpha value is -2.25. The van der Waals surface area contributed by atoms with Crippen molar-refractivity contribution in [3.8, 4) is 0 Å². The lowest BCUT2D eigenvalue weighted by atomic mass is 10.2. The summed E-state index contributed by atoms with van der Waals surface area (Å²) in [5.41, 5.74) is 0. The Bertz CT molecular complexity index is 492. The van der Waals surface area contributed by atoms with Crippen LogP contribution in [0.1, 0.15) is 20.3 Å². The summed E-state index contributed by atoms with van der Waals surface area (Å²) >= 11 is 0. The zero-order valence-electron chi connectivity index (χ0n) is 12.9. The molecule has 8 nitrogen and oxygen atoms in total. The van der Waals surface area contributed by atoms with Gasteiger partial charge in [-0.2, -0.15) is 5.01 Å². The van der Waals surface area contributed by atoms with E-state index < -0.39 is 12.2 Å². The minimum atomic E-state index is -0.658. The number of nitrogens with zero attached hydrogens (tertiary/aromatic N) is 2. The summed E-state index contributed by atoms with van der Waals surface area (Å²) < 4.78 is 14.6. The highest BCUT2D eigenvalue weighted by molar-refractivity contribution is 5.77. The summed E-state index contributed by atoms with van der Waals surface area (Å²) in [4.78, 5) is 35.6. The van der Waals surface area contributed by atoms with Crippen molar-refractivity contribution in [2.45, 2.75) is 26.3 Å². The molecule has 122 valence electrons. The Kier molecular flexibility index (Phi) is 4.89. The zero-order valence-corrected chi connectivity index (χ0v) is 12.9. The number of hydrogen-bond donors (Lipinski definition) is 0. The van der Waals surface area contributed by atoms with Crippen molar-refractivity contribution in [3.05, 3.63) is 12.3 Å². The first-order valence-electron chi connectivity index (χ1n) is 7.22. The van der Waals surface area contributed by atoms with Crippen molar-refractivity contribution >= 4 is 18.2 Å². The minimum Gasteiger partial charge on any atom is -0.469 e. The van der Waals surface area contributed by atoms with Crippen LogP contribution in [0.5, 0.6) is 0 Å². The number of rotatable bonds is 4. The number of hydrazine groups is 1. The van der Waals surface area contributed by atoms with Gasteiger partial charge in [-0.25, -0.2) is 14.6 Å². The molecule has 22 heavy (non-hydrogen) atoms. The van der Waals surface area contributed by atoms with Crippen LogP contribution in [0, 0.1) is 11.8 Å². The van der Waals surface area contributed by atoms with Crippen molar-refractivity contribution in [1.82, 2.24) is 10.0 Å². The van der Waals surface area contributed by atoms with Gasteiger partial charge in [0.05, 0.1) is 32.8 Å². The third-order valence-electron chi connectivity index (χ3n) is 3.69. The Labute approximate surface area is 128 Å². The lowest BCUT2D eigenvalue weighted by Crippen LogP contribution is -2.50. The first kappa shape index (κ1) is 16.1. The monoisotopic (exact) mass is 312 g/mol. The molecule has 1 heterocycles. The second kappa shape index (κ2) is 6.67. The third-order valence-corrected chi connectivity index (χ3v) is 3.69. The molecule has 3 atom stereocenters. The molecule has 0 unspecified atom stereocenters. The zero-order chi connectivity index (χ0) is 16.3. The molecule has 1 fully saturated rings. The van der Waals surface area contributed by atoms with E-state index in [1.807, 2.05) is 0 Å². The fourth-order valence-electron chi connectivity index (χ4n) is 2.65. The number of carbonyl (C=O) groups excluding carboxylic acids is 3. The third kappa shape index (κ3) is 3.00. The highest BCUT2D eigenvalue weighted by Gasteiger charge is 2.59. The number of carbonyl (C=O) groups is 3. The lowest BCUT2D eigenvalue weighted by Gasteiger charge is -2.33. The van der Waals surface area contributed by atoms with Gasteiger partial charge >= 0.3 is 18.2 Å². The Morgan fingerprint density at radius 1 is 1.09 bits per heavy atom. The lowest BCUT2D eigenvalue weighted by molar-refractivity contribution is -0.141. The number of hydrogen-bond acceptors (Lipinski definition) is 6. The van der Waals surface area contributed by atoms with E-state index >= 15 is 0 Å². The summed E-state index contributed by atoms with van der Waals surface area (Å²) in [7, 11) is 1.32. The summed E-state index contributed by atoms with van der Waals surface area (Å²) in [5, 5.41) is 2.32. The molecule has 0 radical (unpaired) electrons. The molecule has 1 aliphatic heterocycles. The van der Waals surface area contributed by atoms with E-state index in [4.69, 9.17) is 9.47 Å². The van der Waals surface area contributed by atoms with Gasteiger partial charge in [0.25, 0.3) is 0 Å². The molecular weight excluding hydrogens is 292 g/mol. The van der Waals surface area contributed by atoms with Gasteiger partial charge in [-0.05, 0) is 13.8 Å². The predicted molar refractivity (Wildman–Crippen MR) is 74.3 cm³/mol. The van der Waals surface area contributed by atoms with Crippen LogP contribution in [0.4, 0.5) is 9.59 Å². The van der Waals surface area contributed by atoms with Crippen molar-refractivity contribution in [1.29, 1.82) is 0 Å². The molecule has 1 aliphatic carbocycles. The van der Waals surface area contributed by atoms with Gasteiger partial charge in [0.1, 0.15) is 0 Å². The fraction of sp³-hybridized carbons (Fsp3) is 0.643. The number of fused-ring (bicyclic) bond motifs is 1. The molecular formula is C14H20N2O6. The maximum Gasteiger partial charge on any atom is 0.433 e. The molecule has 0 bridgehead atoms. The van der Waals surface area contributed by atoms with Crippen molar-refractivity contribution in [2.75, 3.05) is 20.3 Å². The number of esters is 1. The second-order valence-corrected chi connectivity index (χ2v) is 4.94. The van der Waals surface area contributed by atoms with Crippen molar-refractivity contribution in [2.24, 2.45) is 11.8 Å². The van der Waals surface area contributed by atoms with E-state index in [1.54, 1.807) is 19.9 Å². The molecule has 8 heteroatoms. The van der Waals surface area contributed by atoms with Crippen LogP contribution in [-0.4, -0.2) is 54.5 Å². The van der Waals surface area contributed by atoms with Crippen LogP contribution in [-0.2, 0) is 19.0 Å². The van der Waals surface area contributed by atoms with Crippen LogP contribution in [0.15, 0.2) is 12.3 Å². The van der Waals surface area contributed by atoms with Gasteiger partial charge in [0.2, 0.25) is 0 Å². The normalized spacial score (nSPS) is 25.3. The van der Waals surface area contributed by atoms with Gasteiger partial charge in [0.15, 0.2) is 0 Å². The minimum absolute atomic E-state index is 0.00850. The standard InChI is InChI=1S/C14H20N2O6/c1-4-21-13(18)15-7-6-9-10(8-11(17)20-3)12(9)16(15)14(19)22-5-2/h6-7,9-10,12H,4-5,8H2,1-3H3/t9-,10+,12+/m0/s1. The fourth-order valence-corrected chi connectivity index (χ4v) is 2.65. The highest BCUT2D eigenvalue weighted by Crippen LogP contribution is 2.50. The highest BCUT2D eigenvalue weighted by atomic mass is 16.6. The van der Waals surface area contributed by atoms with E-state index in [-0.39, 0.29) is 43.5 Å². The predicted octanol–water partition coefficient (Wildman–Crippen LogP) is 1.52. The van der Waals surface area contributed by atoms with Crippen LogP contribution in [0.3, 0.4) is 0 Å². The van der Waals surface area contributed by atoms with Gasteiger partial charge in [-0.3, -0.25) is 4.79 Å². The van der Waals surface area contributed by atoms with Gasteiger partial charge < -0.3 is 14.2 Å². The Morgan fingerprint density at radius 2 is 1.73 bits per heavy atom. The Balaban J connectivity index is 2.16. The summed E-state index contributed by atoms with van der Waals surface area (Å²) in [6.07, 6.45) is 2.16. The summed E-state index contributed by atoms with van der Waals surface area (Å²) in [5.74, 6) is -0.430. The van der Waals surface area contributed by atoms with E-state index in [2.05, 4.69) is 4.74 Å². The maximum absolute atomic E-state index is 12.2. The van der Waals surface area contributed by atoms with Crippen molar-refractivity contribution < 1.29 is 28.6 Å². The Morgan fingerprint density at radius 3 is 2.32 bits per heavy atom. The van der Waals surface area contributed by atoms with E-state index in [0.717, 1.165) is 5.01 Å². The van der Waals surface area contributed by atoms with Gasteiger partial charge in [-0.15, -0.1) is 0 Å². The molecule has 0 spiro atoms. The van der Waals surface area contributed by atoms with Gasteiger partial charge in [-0.1, -0.05) is 6.08 Å². The molecule has 0 aromatic carbocycles. The van der Waals surface area contributed by atoms with Gasteiger partial charge in [0, 0.05) is 18.0 Å². The largest absolute Gasteiger partial charge is 0.469 e. The molecule has 2 rings (SSSR count). The molecule has 1 saturated carbocycles. The van der Waals surface area contributed by atoms with Crippen LogP contribution >= 0.6 is 0 Å². The van der Waals surface area contributed by atoms with E-state index in [9.17, 15) is 14.4 Å². The maximum atomic E-state index is 12.2. The first-order valence-corrected chi connectivity index (χ1v) is 7.22. The van der Waals surface area contributed by atoms with Crippen LogP contribution in [0.2, 0.25) is 0 Å². The van der Waals surface area contributed by atoms with E-state index in [0.29, 0.717) is 0 Å². The smallest absolute Gasteiger partial charge is 0.433 e. The quantitative estimate of drug-likeness (QED) is 0.578. The second-order valence-electron chi connectivity index (χ2n) is 4.94. The SMILES string of the molecule is CCOC(=O)N1C=C[C@H]2[C@@H](CC(=O)OC)[C@@H]2N1C(=O)OCC. The number of methoxy groups -OCH3 is 1. The molecule has 0 aromatic rings. The van der Waals surface area contributed by atoms with E-state index in [1.165, 1.54) is 18.3 Å². The average molecular weight is 312 g/mol. The molecule has 2 amide bonds. The summed E-state index contributed by atoms with van der Waals surface area (Å²) in [6.45, 7) is 3.75. The molecule has 0 aromatic heterocycles. The summed E-state index contributed by atoms with van der Waals surface area (Å²) in [6, 6.07) is -0.299. The number of amides is 2. The molecule has 0 N–H and O–H groups in total. The van der Waals surface area contributed by atoms with Crippen LogP contribution in [0.25, 0.3) is 0 Å². The average Bonchev–Trinajstić information content (AvgIpc) is 3.19.